The lowest BCUT2D eigenvalue weighted by atomic mass is 9.78. The maximum Gasteiger partial charge on any atom is 0.128 e. The first-order valence-corrected chi connectivity index (χ1v) is 8.65. The van der Waals surface area contributed by atoms with E-state index in [4.69, 9.17) is 4.74 Å². The topological polar surface area (TPSA) is 39.1 Å². The Morgan fingerprint density at radius 3 is 2.67 bits per heavy atom. The molecule has 120 valence electrons. The van der Waals surface area contributed by atoms with Gasteiger partial charge in [-0.2, -0.15) is 0 Å². The molecular formula is C17H31N3O. The van der Waals surface area contributed by atoms with Crippen LogP contribution in [0, 0.1) is 0 Å². The average molecular weight is 293 g/mol. The zero-order valence-corrected chi connectivity index (χ0v) is 13.9. The van der Waals surface area contributed by atoms with Crippen LogP contribution in [0.5, 0.6) is 0 Å². The quantitative estimate of drug-likeness (QED) is 0.794. The molecule has 0 radical (unpaired) electrons. The van der Waals surface area contributed by atoms with E-state index in [1.165, 1.54) is 19.3 Å². The van der Waals surface area contributed by atoms with Gasteiger partial charge in [-0.25, -0.2) is 4.98 Å². The highest BCUT2D eigenvalue weighted by atomic mass is 16.5. The minimum Gasteiger partial charge on any atom is -0.373 e. The molecule has 0 aromatic carbocycles. The van der Waals surface area contributed by atoms with E-state index in [0.29, 0.717) is 0 Å². The van der Waals surface area contributed by atoms with Crippen LogP contribution in [0.25, 0.3) is 0 Å². The van der Waals surface area contributed by atoms with Crippen molar-refractivity contribution in [2.75, 3.05) is 13.2 Å². The largest absolute Gasteiger partial charge is 0.373 e. The number of aryl methyl sites for hydroxylation is 1. The second-order valence-corrected chi connectivity index (χ2v) is 6.03. The summed E-state index contributed by atoms with van der Waals surface area (Å²) < 4.78 is 8.62. The summed E-state index contributed by atoms with van der Waals surface area (Å²) in [6.07, 6.45) is 11.3. The molecule has 1 aromatic heterocycles. The molecule has 0 spiro atoms. The number of ether oxygens (including phenoxy) is 1. The standard InChI is InChI=1S/C17H31N3O/c1-4-13-20-14-12-19-16(20)15(18-5-2)17(21-6-3)10-8-7-9-11-17/h12,14-15,18H,4-11,13H2,1-3H3. The van der Waals surface area contributed by atoms with Gasteiger partial charge in [-0.3, -0.25) is 0 Å². The summed E-state index contributed by atoms with van der Waals surface area (Å²) in [5.74, 6) is 1.15. The van der Waals surface area contributed by atoms with Crippen LogP contribution >= 0.6 is 0 Å². The van der Waals surface area contributed by atoms with Crippen molar-refractivity contribution in [1.82, 2.24) is 14.9 Å². The second-order valence-electron chi connectivity index (χ2n) is 6.03. The predicted molar refractivity (Wildman–Crippen MR) is 86.4 cm³/mol. The SMILES string of the molecule is CCCn1ccnc1C(NCC)C1(OCC)CCCCC1. The Kier molecular flexibility index (Phi) is 6.24. The summed E-state index contributed by atoms with van der Waals surface area (Å²) in [6, 6.07) is 0.198. The van der Waals surface area contributed by atoms with Gasteiger partial charge in [0.05, 0.1) is 11.6 Å². The van der Waals surface area contributed by atoms with Crippen molar-refractivity contribution >= 4 is 0 Å². The highest BCUT2D eigenvalue weighted by Gasteiger charge is 2.43. The third kappa shape index (κ3) is 3.67. The minimum atomic E-state index is -0.0835. The molecule has 1 aromatic rings. The lowest BCUT2D eigenvalue weighted by Crippen LogP contribution is -2.48. The number of imidazole rings is 1. The third-order valence-electron chi connectivity index (χ3n) is 4.54. The van der Waals surface area contributed by atoms with Crippen molar-refractivity contribution < 1.29 is 4.74 Å². The van der Waals surface area contributed by atoms with Gasteiger partial charge in [0.25, 0.3) is 0 Å². The number of nitrogens with one attached hydrogen (secondary N) is 1. The maximum atomic E-state index is 6.33. The Balaban J connectivity index is 2.32. The molecule has 1 aliphatic carbocycles. The monoisotopic (exact) mass is 293 g/mol. The number of aromatic nitrogens is 2. The van der Waals surface area contributed by atoms with Crippen molar-refractivity contribution in [2.45, 2.75) is 77.5 Å². The first kappa shape index (κ1) is 16.5. The maximum absolute atomic E-state index is 6.33. The van der Waals surface area contributed by atoms with Crippen LogP contribution in [0.15, 0.2) is 12.4 Å². The van der Waals surface area contributed by atoms with E-state index in [9.17, 15) is 0 Å². The molecule has 1 unspecified atom stereocenters. The molecule has 2 rings (SSSR count). The number of hydrogen-bond acceptors (Lipinski definition) is 3. The van der Waals surface area contributed by atoms with Gasteiger partial charge in [0.1, 0.15) is 5.82 Å². The normalized spacial score (nSPS) is 19.6. The van der Waals surface area contributed by atoms with E-state index < -0.39 is 0 Å². The number of nitrogens with zero attached hydrogens (tertiary/aromatic N) is 2. The highest BCUT2D eigenvalue weighted by molar-refractivity contribution is 5.09. The number of hydrogen-bond donors (Lipinski definition) is 1. The zero-order valence-electron chi connectivity index (χ0n) is 13.9. The average Bonchev–Trinajstić information content (AvgIpc) is 2.94. The number of rotatable bonds is 8. The predicted octanol–water partition coefficient (Wildman–Crippen LogP) is 3.68. The molecule has 0 aliphatic heterocycles. The fourth-order valence-corrected chi connectivity index (χ4v) is 3.68. The molecule has 4 heteroatoms. The minimum absolute atomic E-state index is 0.0835. The van der Waals surface area contributed by atoms with Crippen LogP contribution in [0.2, 0.25) is 0 Å². The molecule has 21 heavy (non-hydrogen) atoms. The van der Waals surface area contributed by atoms with Crippen LogP contribution in [0.1, 0.15) is 71.2 Å². The summed E-state index contributed by atoms with van der Waals surface area (Å²) in [4.78, 5) is 4.68. The Hall–Kier alpha value is -0.870. The Labute approximate surface area is 129 Å². The first-order valence-electron chi connectivity index (χ1n) is 8.65. The Morgan fingerprint density at radius 2 is 2.05 bits per heavy atom. The van der Waals surface area contributed by atoms with Gasteiger partial charge >= 0.3 is 0 Å². The van der Waals surface area contributed by atoms with E-state index in [-0.39, 0.29) is 11.6 Å². The number of likely N-dealkylation sites (N-methyl/N-ethyl adjacent to an activating group) is 1. The summed E-state index contributed by atoms with van der Waals surface area (Å²) in [5.41, 5.74) is -0.0835. The first-order chi connectivity index (χ1) is 10.3. The van der Waals surface area contributed by atoms with E-state index in [2.05, 4.69) is 41.8 Å². The second kappa shape index (κ2) is 7.95. The summed E-state index contributed by atoms with van der Waals surface area (Å²) >= 11 is 0. The van der Waals surface area contributed by atoms with Crippen LogP contribution in [-0.2, 0) is 11.3 Å². The molecule has 0 saturated heterocycles. The summed E-state index contributed by atoms with van der Waals surface area (Å²) in [6.45, 7) is 9.24. The summed E-state index contributed by atoms with van der Waals surface area (Å²) in [7, 11) is 0. The molecule has 1 heterocycles. The van der Waals surface area contributed by atoms with Crippen LogP contribution in [0.3, 0.4) is 0 Å². The van der Waals surface area contributed by atoms with Gasteiger partial charge in [0, 0.05) is 25.5 Å². The van der Waals surface area contributed by atoms with Gasteiger partial charge in [0.15, 0.2) is 0 Å². The highest BCUT2D eigenvalue weighted by Crippen LogP contribution is 2.41. The van der Waals surface area contributed by atoms with Gasteiger partial charge in [-0.05, 0) is 32.7 Å². The third-order valence-corrected chi connectivity index (χ3v) is 4.54. The Bertz CT molecular complexity index is 404. The van der Waals surface area contributed by atoms with Gasteiger partial charge in [0.2, 0.25) is 0 Å². The van der Waals surface area contributed by atoms with Gasteiger partial charge in [-0.15, -0.1) is 0 Å². The van der Waals surface area contributed by atoms with E-state index in [1.54, 1.807) is 0 Å². The van der Waals surface area contributed by atoms with Gasteiger partial charge < -0.3 is 14.6 Å². The van der Waals surface area contributed by atoms with Gasteiger partial charge in [-0.1, -0.05) is 33.1 Å². The molecule has 1 saturated carbocycles. The van der Waals surface area contributed by atoms with Crippen LogP contribution < -0.4 is 5.32 Å². The molecule has 4 nitrogen and oxygen atoms in total. The molecule has 1 aliphatic rings. The zero-order chi connectivity index (χ0) is 15.1. The van der Waals surface area contributed by atoms with Crippen LogP contribution in [-0.4, -0.2) is 28.3 Å². The Morgan fingerprint density at radius 1 is 1.29 bits per heavy atom. The van der Waals surface area contributed by atoms with E-state index >= 15 is 0 Å². The molecular weight excluding hydrogens is 262 g/mol. The lowest BCUT2D eigenvalue weighted by molar-refractivity contribution is -0.0933. The summed E-state index contributed by atoms with van der Waals surface area (Å²) in [5, 5.41) is 3.67. The van der Waals surface area contributed by atoms with Crippen molar-refractivity contribution in [3.63, 3.8) is 0 Å². The van der Waals surface area contributed by atoms with E-state index in [0.717, 1.165) is 44.8 Å². The van der Waals surface area contributed by atoms with Crippen molar-refractivity contribution in [3.05, 3.63) is 18.2 Å². The molecule has 1 atom stereocenters. The van der Waals surface area contributed by atoms with Crippen molar-refractivity contribution in [3.8, 4) is 0 Å². The fourth-order valence-electron chi connectivity index (χ4n) is 3.68. The molecule has 0 amide bonds. The molecule has 0 bridgehead atoms. The van der Waals surface area contributed by atoms with Crippen LogP contribution in [0.4, 0.5) is 0 Å². The fraction of sp³-hybridized carbons (Fsp3) is 0.824. The van der Waals surface area contributed by atoms with Crippen molar-refractivity contribution in [1.29, 1.82) is 0 Å². The lowest BCUT2D eigenvalue weighted by Gasteiger charge is -2.43. The van der Waals surface area contributed by atoms with E-state index in [1.807, 2.05) is 6.20 Å². The smallest absolute Gasteiger partial charge is 0.128 e. The molecule has 1 fully saturated rings. The van der Waals surface area contributed by atoms with Crippen molar-refractivity contribution in [2.24, 2.45) is 0 Å². The molecule has 1 N–H and O–H groups in total.